The maximum absolute atomic E-state index is 13.8. The summed E-state index contributed by atoms with van der Waals surface area (Å²) in [6, 6.07) is 2.03. The third-order valence-corrected chi connectivity index (χ3v) is 4.03. The molecule has 1 aromatic rings. The molecule has 0 aliphatic rings. The van der Waals surface area contributed by atoms with Crippen LogP contribution in [0.25, 0.3) is 0 Å². The Morgan fingerprint density at radius 1 is 1.41 bits per heavy atom. The molecule has 6 heteroatoms. The second kappa shape index (κ2) is 6.68. The Morgan fingerprint density at radius 2 is 2.06 bits per heavy atom. The molecule has 1 aromatic carbocycles. The van der Waals surface area contributed by atoms with Crippen LogP contribution < -0.4 is 11.3 Å². The van der Waals surface area contributed by atoms with Gasteiger partial charge in [-0.2, -0.15) is 11.8 Å². The van der Waals surface area contributed by atoms with Crippen molar-refractivity contribution < 1.29 is 8.78 Å². The van der Waals surface area contributed by atoms with Gasteiger partial charge in [-0.25, -0.2) is 8.78 Å². The zero-order valence-corrected chi connectivity index (χ0v) is 12.0. The van der Waals surface area contributed by atoms with Crippen LogP contribution in [0.2, 0.25) is 0 Å². The van der Waals surface area contributed by atoms with E-state index in [-0.39, 0.29) is 10.0 Å². The molecule has 0 saturated carbocycles. The van der Waals surface area contributed by atoms with Crippen LogP contribution in [-0.4, -0.2) is 11.0 Å². The van der Waals surface area contributed by atoms with E-state index in [2.05, 4.69) is 21.4 Å². The summed E-state index contributed by atoms with van der Waals surface area (Å²) in [5, 5.41) is 0.379. The maximum Gasteiger partial charge on any atom is 0.145 e. The van der Waals surface area contributed by atoms with Gasteiger partial charge in [0.05, 0.1) is 10.5 Å². The molecule has 0 amide bonds. The lowest BCUT2D eigenvalue weighted by Crippen LogP contribution is -2.31. The van der Waals surface area contributed by atoms with E-state index in [1.165, 1.54) is 12.1 Å². The topological polar surface area (TPSA) is 38.0 Å². The normalized spacial score (nSPS) is 13.1. The molecule has 3 N–H and O–H groups in total. The Balaban J connectivity index is 2.98. The fourth-order valence-electron chi connectivity index (χ4n) is 1.37. The first-order valence-electron chi connectivity index (χ1n) is 5.18. The van der Waals surface area contributed by atoms with E-state index >= 15 is 0 Å². The number of thioether (sulfide) groups is 1. The quantitative estimate of drug-likeness (QED) is 0.495. The van der Waals surface area contributed by atoms with E-state index in [1.54, 1.807) is 11.8 Å². The van der Waals surface area contributed by atoms with E-state index in [0.717, 1.165) is 0 Å². The average molecular weight is 325 g/mol. The van der Waals surface area contributed by atoms with Gasteiger partial charge in [0.25, 0.3) is 0 Å². The third-order valence-electron chi connectivity index (χ3n) is 2.23. The molecule has 1 rings (SSSR count). The van der Waals surface area contributed by atoms with Gasteiger partial charge in [-0.1, -0.05) is 13.8 Å². The molecule has 0 spiro atoms. The van der Waals surface area contributed by atoms with Crippen molar-refractivity contribution in [3.8, 4) is 0 Å². The molecule has 0 aliphatic carbocycles. The molecule has 0 saturated heterocycles. The Hall–Kier alpha value is -0.170. The second-order valence-corrected chi connectivity index (χ2v) is 6.32. The van der Waals surface area contributed by atoms with Gasteiger partial charge in [-0.15, -0.1) is 0 Å². The molecule has 17 heavy (non-hydrogen) atoms. The van der Waals surface area contributed by atoms with Crippen LogP contribution in [0.3, 0.4) is 0 Å². The number of hydrogen-bond donors (Lipinski definition) is 2. The lowest BCUT2D eigenvalue weighted by molar-refractivity contribution is 0.497. The Kier molecular flexibility index (Phi) is 5.85. The highest BCUT2D eigenvalue weighted by Gasteiger charge is 2.21. The molecule has 0 fully saturated rings. The van der Waals surface area contributed by atoms with E-state index in [4.69, 9.17) is 5.84 Å². The van der Waals surface area contributed by atoms with Gasteiger partial charge in [0.15, 0.2) is 0 Å². The summed E-state index contributed by atoms with van der Waals surface area (Å²) in [5.41, 5.74) is 2.44. The summed E-state index contributed by atoms with van der Waals surface area (Å²) >= 11 is 4.63. The zero-order chi connectivity index (χ0) is 13.0. The van der Waals surface area contributed by atoms with Crippen LogP contribution in [0.15, 0.2) is 16.6 Å². The number of nitrogens with two attached hydrogens (primary N) is 1. The minimum atomic E-state index is -0.600. The molecular formula is C11H15BrF2N2S. The standard InChI is InChI=1S/C11H15BrF2N2S/c1-6(2)17-5-9(16-15)10-8(13)4-3-7(12)11(10)14/h3-4,6,9,16H,5,15H2,1-2H3. The van der Waals surface area contributed by atoms with Crippen molar-refractivity contribution >= 4 is 27.7 Å². The second-order valence-electron chi connectivity index (χ2n) is 3.86. The summed E-state index contributed by atoms with van der Waals surface area (Å²) < 4.78 is 27.7. The highest BCUT2D eigenvalue weighted by atomic mass is 79.9. The van der Waals surface area contributed by atoms with E-state index < -0.39 is 17.7 Å². The van der Waals surface area contributed by atoms with Crippen LogP contribution in [0, 0.1) is 11.6 Å². The number of hydrogen-bond acceptors (Lipinski definition) is 3. The Bertz CT molecular complexity index is 388. The molecule has 1 atom stereocenters. The molecule has 0 aliphatic heterocycles. The predicted octanol–water partition coefficient (Wildman–Crippen LogP) is 3.37. The van der Waals surface area contributed by atoms with Gasteiger partial charge in [0.1, 0.15) is 11.6 Å². The smallest absolute Gasteiger partial charge is 0.145 e. The number of benzene rings is 1. The molecule has 0 heterocycles. The van der Waals surface area contributed by atoms with Crippen LogP contribution in [0.1, 0.15) is 25.5 Å². The number of rotatable bonds is 5. The molecule has 96 valence electrons. The highest BCUT2D eigenvalue weighted by molar-refractivity contribution is 9.10. The van der Waals surface area contributed by atoms with Crippen molar-refractivity contribution in [2.24, 2.45) is 5.84 Å². The van der Waals surface area contributed by atoms with Crippen molar-refractivity contribution in [3.63, 3.8) is 0 Å². The first-order valence-corrected chi connectivity index (χ1v) is 7.02. The number of halogens is 3. The van der Waals surface area contributed by atoms with Gasteiger partial charge in [0.2, 0.25) is 0 Å². The monoisotopic (exact) mass is 324 g/mol. The molecule has 0 radical (unpaired) electrons. The molecule has 1 unspecified atom stereocenters. The van der Waals surface area contributed by atoms with E-state index in [0.29, 0.717) is 11.0 Å². The summed E-state index contributed by atoms with van der Waals surface area (Å²) in [5.74, 6) is 4.69. The first kappa shape index (κ1) is 14.9. The number of nitrogens with one attached hydrogen (secondary N) is 1. The number of hydrazine groups is 1. The molecular weight excluding hydrogens is 310 g/mol. The van der Waals surface area contributed by atoms with Crippen LogP contribution in [0.4, 0.5) is 8.78 Å². The zero-order valence-electron chi connectivity index (χ0n) is 9.64. The Labute approximate surface area is 112 Å². The highest BCUT2D eigenvalue weighted by Crippen LogP contribution is 2.29. The van der Waals surface area contributed by atoms with Gasteiger partial charge in [0, 0.05) is 11.3 Å². The Morgan fingerprint density at radius 3 is 2.59 bits per heavy atom. The first-order chi connectivity index (χ1) is 7.97. The fraction of sp³-hybridized carbons (Fsp3) is 0.455. The minimum absolute atomic E-state index is 0.0185. The van der Waals surface area contributed by atoms with Crippen molar-refractivity contribution in [2.45, 2.75) is 25.1 Å². The SMILES string of the molecule is CC(C)SCC(NN)c1c(F)ccc(Br)c1F. The van der Waals surface area contributed by atoms with Crippen LogP contribution in [0.5, 0.6) is 0 Å². The average Bonchev–Trinajstić information content (AvgIpc) is 2.28. The summed E-state index contributed by atoms with van der Waals surface area (Å²) in [6.07, 6.45) is 0. The van der Waals surface area contributed by atoms with Crippen molar-refractivity contribution in [1.29, 1.82) is 0 Å². The lowest BCUT2D eigenvalue weighted by Gasteiger charge is -2.19. The van der Waals surface area contributed by atoms with Crippen LogP contribution >= 0.6 is 27.7 Å². The van der Waals surface area contributed by atoms with Gasteiger partial charge >= 0.3 is 0 Å². The largest absolute Gasteiger partial charge is 0.271 e. The van der Waals surface area contributed by atoms with Crippen LogP contribution in [-0.2, 0) is 0 Å². The summed E-state index contributed by atoms with van der Waals surface area (Å²) in [7, 11) is 0. The summed E-state index contributed by atoms with van der Waals surface area (Å²) in [4.78, 5) is 0. The molecule has 0 bridgehead atoms. The van der Waals surface area contributed by atoms with E-state index in [9.17, 15) is 8.78 Å². The van der Waals surface area contributed by atoms with Gasteiger partial charge in [-0.05, 0) is 33.3 Å². The maximum atomic E-state index is 13.8. The third kappa shape index (κ3) is 3.91. The van der Waals surface area contributed by atoms with E-state index in [1.807, 2.05) is 13.8 Å². The minimum Gasteiger partial charge on any atom is -0.271 e. The fourth-order valence-corrected chi connectivity index (χ4v) is 2.55. The molecule has 0 aromatic heterocycles. The van der Waals surface area contributed by atoms with Gasteiger partial charge < -0.3 is 0 Å². The molecule has 2 nitrogen and oxygen atoms in total. The summed E-state index contributed by atoms with van der Waals surface area (Å²) in [6.45, 7) is 4.04. The van der Waals surface area contributed by atoms with Crippen molar-refractivity contribution in [2.75, 3.05) is 5.75 Å². The van der Waals surface area contributed by atoms with Gasteiger partial charge in [-0.3, -0.25) is 11.3 Å². The van der Waals surface area contributed by atoms with Crippen molar-refractivity contribution in [3.05, 3.63) is 33.8 Å². The lowest BCUT2D eigenvalue weighted by atomic mass is 10.1. The predicted molar refractivity (Wildman–Crippen MR) is 71.7 cm³/mol. The van der Waals surface area contributed by atoms with Crippen molar-refractivity contribution in [1.82, 2.24) is 5.43 Å².